The van der Waals surface area contributed by atoms with Gasteiger partial charge in [-0.3, -0.25) is 14.7 Å². The standard InChI is InChI=1S/C16H20N4O3/c1-17-13(21)8-16(23)6-3-7-20(10-16)15(22)12-5-2-4-11-9-18-19-14(11)12/h2,4-5,9,23H,3,6-8,10H2,1H3,(H,17,21)(H,18,19). The van der Waals surface area contributed by atoms with Crippen molar-refractivity contribution in [2.75, 3.05) is 20.1 Å². The number of nitrogens with one attached hydrogen (secondary N) is 2. The molecule has 1 atom stereocenters. The minimum Gasteiger partial charge on any atom is -0.388 e. The number of fused-ring (bicyclic) bond motifs is 1. The van der Waals surface area contributed by atoms with Crippen molar-refractivity contribution >= 4 is 22.7 Å². The molecule has 122 valence electrons. The van der Waals surface area contributed by atoms with Crippen LogP contribution in [0.3, 0.4) is 0 Å². The van der Waals surface area contributed by atoms with Crippen LogP contribution in [0.2, 0.25) is 0 Å². The van der Waals surface area contributed by atoms with Gasteiger partial charge >= 0.3 is 0 Å². The maximum atomic E-state index is 12.8. The summed E-state index contributed by atoms with van der Waals surface area (Å²) in [5, 5.41) is 20.8. The SMILES string of the molecule is CNC(=O)CC1(O)CCCN(C(=O)c2cccc3cn[nH]c23)C1. The van der Waals surface area contributed by atoms with Crippen LogP contribution in [0.15, 0.2) is 24.4 Å². The zero-order chi connectivity index (χ0) is 16.4. The van der Waals surface area contributed by atoms with E-state index in [4.69, 9.17) is 0 Å². The highest BCUT2D eigenvalue weighted by Crippen LogP contribution is 2.27. The third-order valence-electron chi connectivity index (χ3n) is 4.32. The first kappa shape index (κ1) is 15.5. The number of aromatic nitrogens is 2. The lowest BCUT2D eigenvalue weighted by Crippen LogP contribution is -2.52. The molecule has 2 heterocycles. The van der Waals surface area contributed by atoms with Crippen LogP contribution in [0.4, 0.5) is 0 Å². The van der Waals surface area contributed by atoms with Crippen molar-refractivity contribution < 1.29 is 14.7 Å². The molecule has 2 amide bonds. The number of β-amino-alcohol motifs (C(OH)–C–C–N with tert-alkyl or cyclic N) is 1. The first-order valence-electron chi connectivity index (χ1n) is 7.67. The molecule has 3 rings (SSSR count). The van der Waals surface area contributed by atoms with Crippen molar-refractivity contribution in [3.05, 3.63) is 30.0 Å². The van der Waals surface area contributed by atoms with Crippen molar-refractivity contribution in [2.24, 2.45) is 0 Å². The molecule has 7 heteroatoms. The van der Waals surface area contributed by atoms with E-state index in [1.807, 2.05) is 12.1 Å². The van der Waals surface area contributed by atoms with Gasteiger partial charge in [0.1, 0.15) is 0 Å². The summed E-state index contributed by atoms with van der Waals surface area (Å²) in [5.74, 6) is -0.382. The Morgan fingerprint density at radius 2 is 2.30 bits per heavy atom. The fourth-order valence-corrected chi connectivity index (χ4v) is 3.13. The smallest absolute Gasteiger partial charge is 0.256 e. The van der Waals surface area contributed by atoms with Crippen molar-refractivity contribution in [1.82, 2.24) is 20.4 Å². The van der Waals surface area contributed by atoms with Gasteiger partial charge in [-0.1, -0.05) is 12.1 Å². The molecule has 1 saturated heterocycles. The van der Waals surface area contributed by atoms with E-state index >= 15 is 0 Å². The Hall–Kier alpha value is -2.41. The van der Waals surface area contributed by atoms with Crippen molar-refractivity contribution in [3.8, 4) is 0 Å². The fraction of sp³-hybridized carbons (Fsp3) is 0.438. The van der Waals surface area contributed by atoms with Crippen LogP contribution in [0, 0.1) is 0 Å². The molecule has 0 spiro atoms. The Morgan fingerprint density at radius 1 is 1.48 bits per heavy atom. The van der Waals surface area contributed by atoms with Crippen molar-refractivity contribution in [2.45, 2.75) is 24.9 Å². The maximum absolute atomic E-state index is 12.8. The molecule has 1 aromatic heterocycles. The third kappa shape index (κ3) is 3.05. The monoisotopic (exact) mass is 316 g/mol. The average molecular weight is 316 g/mol. The maximum Gasteiger partial charge on any atom is 0.256 e. The van der Waals surface area contributed by atoms with Gasteiger partial charge in [-0.05, 0) is 18.9 Å². The number of benzene rings is 1. The zero-order valence-corrected chi connectivity index (χ0v) is 13.0. The van der Waals surface area contributed by atoms with E-state index in [1.165, 1.54) is 7.05 Å². The van der Waals surface area contributed by atoms with Crippen LogP contribution in [0.5, 0.6) is 0 Å². The minimum absolute atomic E-state index is 0.00153. The average Bonchev–Trinajstić information content (AvgIpc) is 3.02. The third-order valence-corrected chi connectivity index (χ3v) is 4.32. The number of para-hydroxylation sites is 1. The molecule has 1 aliphatic heterocycles. The molecule has 0 saturated carbocycles. The molecule has 1 aromatic carbocycles. The van der Waals surface area contributed by atoms with E-state index in [2.05, 4.69) is 15.5 Å². The van der Waals surface area contributed by atoms with Gasteiger partial charge in [0.15, 0.2) is 0 Å². The van der Waals surface area contributed by atoms with Crippen molar-refractivity contribution in [3.63, 3.8) is 0 Å². The summed E-state index contributed by atoms with van der Waals surface area (Å²) in [7, 11) is 1.54. The van der Waals surface area contributed by atoms with Gasteiger partial charge in [-0.15, -0.1) is 0 Å². The van der Waals surface area contributed by atoms with E-state index in [0.717, 1.165) is 5.39 Å². The van der Waals surface area contributed by atoms with Gasteiger partial charge in [-0.25, -0.2) is 0 Å². The fourth-order valence-electron chi connectivity index (χ4n) is 3.13. The molecule has 3 N–H and O–H groups in total. The molecular formula is C16H20N4O3. The van der Waals surface area contributed by atoms with E-state index in [0.29, 0.717) is 30.5 Å². The Labute approximate surface area is 133 Å². The number of nitrogens with zero attached hydrogens (tertiary/aromatic N) is 2. The van der Waals surface area contributed by atoms with E-state index in [-0.39, 0.29) is 24.8 Å². The number of piperidine rings is 1. The molecule has 1 aliphatic rings. The summed E-state index contributed by atoms with van der Waals surface area (Å²) < 4.78 is 0. The summed E-state index contributed by atoms with van der Waals surface area (Å²) in [6.45, 7) is 0.725. The second kappa shape index (κ2) is 6.00. The molecule has 2 aromatic rings. The first-order chi connectivity index (χ1) is 11.0. The Balaban J connectivity index is 1.82. The van der Waals surface area contributed by atoms with Crippen LogP contribution in [-0.2, 0) is 4.79 Å². The van der Waals surface area contributed by atoms with Gasteiger partial charge in [0.2, 0.25) is 5.91 Å². The van der Waals surface area contributed by atoms with E-state index in [9.17, 15) is 14.7 Å². The number of carbonyl (C=O) groups excluding carboxylic acids is 2. The number of H-pyrrole nitrogens is 1. The highest BCUT2D eigenvalue weighted by Gasteiger charge is 2.37. The Kier molecular flexibility index (Phi) is 4.04. The summed E-state index contributed by atoms with van der Waals surface area (Å²) in [5.41, 5.74) is 0.0534. The Bertz CT molecular complexity index is 742. The zero-order valence-electron chi connectivity index (χ0n) is 13.0. The predicted molar refractivity (Wildman–Crippen MR) is 84.9 cm³/mol. The highest BCUT2D eigenvalue weighted by atomic mass is 16.3. The first-order valence-corrected chi connectivity index (χ1v) is 7.67. The summed E-state index contributed by atoms with van der Waals surface area (Å²) >= 11 is 0. The van der Waals surface area contributed by atoms with Crippen LogP contribution in [-0.4, -0.2) is 57.8 Å². The number of hydrogen-bond donors (Lipinski definition) is 3. The van der Waals surface area contributed by atoms with E-state index < -0.39 is 5.60 Å². The highest BCUT2D eigenvalue weighted by molar-refractivity contribution is 6.05. The van der Waals surface area contributed by atoms with Gasteiger partial charge in [0.25, 0.3) is 5.91 Å². The summed E-state index contributed by atoms with van der Waals surface area (Å²) in [6, 6.07) is 5.44. The number of aromatic amines is 1. The molecule has 1 unspecified atom stereocenters. The Morgan fingerprint density at radius 3 is 3.09 bits per heavy atom. The van der Waals surface area contributed by atoms with E-state index in [1.54, 1.807) is 17.2 Å². The number of rotatable bonds is 3. The minimum atomic E-state index is -1.17. The second-order valence-corrected chi connectivity index (χ2v) is 6.04. The van der Waals surface area contributed by atoms with Gasteiger partial charge < -0.3 is 15.3 Å². The van der Waals surface area contributed by atoms with Crippen molar-refractivity contribution in [1.29, 1.82) is 0 Å². The molecular weight excluding hydrogens is 296 g/mol. The lowest BCUT2D eigenvalue weighted by molar-refractivity contribution is -0.127. The molecule has 23 heavy (non-hydrogen) atoms. The summed E-state index contributed by atoms with van der Waals surface area (Å²) in [4.78, 5) is 26.0. The number of likely N-dealkylation sites (tertiary alicyclic amines) is 1. The quantitative estimate of drug-likeness (QED) is 0.775. The van der Waals surface area contributed by atoms with Crippen LogP contribution in [0.25, 0.3) is 10.9 Å². The van der Waals surface area contributed by atoms with Crippen LogP contribution >= 0.6 is 0 Å². The second-order valence-electron chi connectivity index (χ2n) is 6.04. The summed E-state index contributed by atoms with van der Waals surface area (Å²) in [6.07, 6.45) is 2.85. The molecule has 1 fully saturated rings. The molecule has 7 nitrogen and oxygen atoms in total. The normalized spacial score (nSPS) is 21.4. The largest absolute Gasteiger partial charge is 0.388 e. The lowest BCUT2D eigenvalue weighted by Gasteiger charge is -2.38. The van der Waals surface area contributed by atoms with Crippen LogP contribution < -0.4 is 5.32 Å². The van der Waals surface area contributed by atoms with Crippen LogP contribution in [0.1, 0.15) is 29.6 Å². The molecule has 0 radical (unpaired) electrons. The molecule has 0 bridgehead atoms. The predicted octanol–water partition coefficient (Wildman–Crippen LogP) is 0.666. The van der Waals surface area contributed by atoms with Gasteiger partial charge in [0.05, 0.1) is 35.8 Å². The molecule has 0 aliphatic carbocycles. The van der Waals surface area contributed by atoms with Gasteiger partial charge in [-0.2, -0.15) is 5.10 Å². The number of amides is 2. The number of carbonyl (C=O) groups is 2. The topological polar surface area (TPSA) is 98.3 Å². The number of aliphatic hydroxyl groups is 1. The number of hydrogen-bond acceptors (Lipinski definition) is 4. The lowest BCUT2D eigenvalue weighted by atomic mass is 9.89. The van der Waals surface area contributed by atoms with Gasteiger partial charge in [0, 0.05) is 19.0 Å².